The maximum atomic E-state index is 12.4. The smallest absolute Gasteiger partial charge is 0.416 e. The van der Waals surface area contributed by atoms with Gasteiger partial charge in [-0.1, -0.05) is 0 Å². The van der Waals surface area contributed by atoms with Crippen molar-refractivity contribution in [1.29, 1.82) is 0 Å². The van der Waals surface area contributed by atoms with Gasteiger partial charge >= 0.3 is 6.18 Å². The highest BCUT2D eigenvalue weighted by atomic mass is 35.5. The fourth-order valence-electron chi connectivity index (χ4n) is 1.53. The summed E-state index contributed by atoms with van der Waals surface area (Å²) in [6.45, 7) is 0.104. The number of alkyl halides is 3. The van der Waals surface area contributed by atoms with Crippen LogP contribution in [-0.4, -0.2) is 5.91 Å². The number of carbonyl (C=O) groups is 1. The molecule has 106 valence electrons. The highest BCUT2D eigenvalue weighted by Gasteiger charge is 2.30. The van der Waals surface area contributed by atoms with Crippen LogP contribution in [0.5, 0.6) is 0 Å². The zero-order valence-corrected chi connectivity index (χ0v) is 10.8. The summed E-state index contributed by atoms with van der Waals surface area (Å²) in [6.07, 6.45) is -4.42. The van der Waals surface area contributed by atoms with Crippen molar-refractivity contribution < 1.29 is 22.4 Å². The molecule has 0 saturated carbocycles. The summed E-state index contributed by atoms with van der Waals surface area (Å²) in [6, 6.07) is 7.08. The van der Waals surface area contributed by atoms with Crippen molar-refractivity contribution in [3.8, 4) is 0 Å². The van der Waals surface area contributed by atoms with E-state index in [0.29, 0.717) is 5.76 Å². The van der Waals surface area contributed by atoms with Gasteiger partial charge in [0.2, 0.25) is 0 Å². The van der Waals surface area contributed by atoms with Crippen LogP contribution in [0.25, 0.3) is 0 Å². The lowest BCUT2D eigenvalue weighted by atomic mass is 10.1. The molecule has 0 atom stereocenters. The fraction of sp³-hybridized carbons (Fsp3) is 0.154. The Hall–Kier alpha value is -1.95. The van der Waals surface area contributed by atoms with Gasteiger partial charge in [-0.15, -0.1) is 0 Å². The molecule has 0 fully saturated rings. The molecule has 2 rings (SSSR count). The SMILES string of the molecule is O=C(NCc1ccc(Cl)o1)c1ccc(C(F)(F)F)cc1. The van der Waals surface area contributed by atoms with Gasteiger partial charge in [-0.25, -0.2) is 0 Å². The first-order chi connectivity index (χ1) is 9.36. The van der Waals surface area contributed by atoms with Gasteiger partial charge in [0.1, 0.15) is 5.76 Å². The van der Waals surface area contributed by atoms with E-state index >= 15 is 0 Å². The maximum absolute atomic E-state index is 12.4. The predicted molar refractivity (Wildman–Crippen MR) is 66.3 cm³/mol. The summed E-state index contributed by atoms with van der Waals surface area (Å²) in [7, 11) is 0. The molecule has 1 heterocycles. The third kappa shape index (κ3) is 3.54. The average molecular weight is 304 g/mol. The number of benzene rings is 1. The molecule has 2 aromatic rings. The van der Waals surface area contributed by atoms with Crippen LogP contribution in [0.3, 0.4) is 0 Å². The Morgan fingerprint density at radius 2 is 1.80 bits per heavy atom. The third-order valence-electron chi connectivity index (χ3n) is 2.53. The van der Waals surface area contributed by atoms with Gasteiger partial charge in [-0.3, -0.25) is 4.79 Å². The van der Waals surface area contributed by atoms with Gasteiger partial charge in [0.25, 0.3) is 5.91 Å². The van der Waals surface area contributed by atoms with Crippen LogP contribution in [0.15, 0.2) is 40.8 Å². The van der Waals surface area contributed by atoms with E-state index in [9.17, 15) is 18.0 Å². The van der Waals surface area contributed by atoms with Gasteiger partial charge < -0.3 is 9.73 Å². The van der Waals surface area contributed by atoms with E-state index in [1.54, 1.807) is 6.07 Å². The summed E-state index contributed by atoms with van der Waals surface area (Å²) in [4.78, 5) is 11.7. The normalized spacial score (nSPS) is 11.4. The molecule has 1 aromatic carbocycles. The van der Waals surface area contributed by atoms with Crippen molar-refractivity contribution >= 4 is 17.5 Å². The van der Waals surface area contributed by atoms with Crippen LogP contribution in [-0.2, 0) is 12.7 Å². The monoisotopic (exact) mass is 303 g/mol. The van der Waals surface area contributed by atoms with Crippen molar-refractivity contribution in [1.82, 2.24) is 5.32 Å². The van der Waals surface area contributed by atoms with Gasteiger partial charge in [0.05, 0.1) is 12.1 Å². The van der Waals surface area contributed by atoms with Crippen LogP contribution in [0, 0.1) is 0 Å². The number of carbonyl (C=O) groups excluding carboxylic acids is 1. The second-order valence-corrected chi connectivity index (χ2v) is 4.34. The second-order valence-electron chi connectivity index (χ2n) is 3.96. The first kappa shape index (κ1) is 14.5. The van der Waals surface area contributed by atoms with Gasteiger partial charge in [-0.2, -0.15) is 13.2 Å². The quantitative estimate of drug-likeness (QED) is 0.935. The van der Waals surface area contributed by atoms with E-state index in [0.717, 1.165) is 24.3 Å². The summed E-state index contributed by atoms with van der Waals surface area (Å²) in [5.41, 5.74) is -0.664. The van der Waals surface area contributed by atoms with Crippen LogP contribution in [0.2, 0.25) is 5.22 Å². The Bertz CT molecular complexity index is 605. The van der Waals surface area contributed by atoms with Crippen molar-refractivity contribution in [3.63, 3.8) is 0 Å². The standard InChI is InChI=1S/C13H9ClF3NO2/c14-11-6-5-10(20-11)7-18-12(19)8-1-3-9(4-2-8)13(15,16)17/h1-6H,7H2,(H,18,19). The number of furan rings is 1. The first-order valence-electron chi connectivity index (χ1n) is 5.56. The number of hydrogen-bond donors (Lipinski definition) is 1. The Labute approximate surface area is 117 Å². The van der Waals surface area contributed by atoms with Crippen LogP contribution in [0.4, 0.5) is 13.2 Å². The van der Waals surface area contributed by atoms with Crippen LogP contribution < -0.4 is 5.32 Å². The molecular formula is C13H9ClF3NO2. The Morgan fingerprint density at radius 1 is 1.15 bits per heavy atom. The molecule has 0 aliphatic heterocycles. The minimum atomic E-state index is -4.42. The fourth-order valence-corrected chi connectivity index (χ4v) is 1.69. The van der Waals surface area contributed by atoms with E-state index in [1.807, 2.05) is 0 Å². The highest BCUT2D eigenvalue weighted by Crippen LogP contribution is 2.29. The molecule has 1 N–H and O–H groups in total. The van der Waals surface area contributed by atoms with Crippen LogP contribution in [0.1, 0.15) is 21.7 Å². The molecule has 0 bridgehead atoms. The zero-order chi connectivity index (χ0) is 14.8. The van der Waals surface area contributed by atoms with E-state index < -0.39 is 17.6 Å². The molecule has 1 aromatic heterocycles. The first-order valence-corrected chi connectivity index (χ1v) is 5.94. The van der Waals surface area contributed by atoms with Crippen molar-refractivity contribution in [2.75, 3.05) is 0 Å². The number of amides is 1. The molecule has 1 amide bonds. The molecule has 0 radical (unpaired) electrons. The lowest BCUT2D eigenvalue weighted by Crippen LogP contribution is -2.22. The molecule has 0 unspecified atom stereocenters. The summed E-state index contributed by atoms with van der Waals surface area (Å²) < 4.78 is 42.1. The minimum Gasteiger partial charge on any atom is -0.448 e. The molecule has 0 aliphatic rings. The average Bonchev–Trinajstić information content (AvgIpc) is 2.81. The molecule has 7 heteroatoms. The molecule has 20 heavy (non-hydrogen) atoms. The molecule has 0 aliphatic carbocycles. The van der Waals surface area contributed by atoms with Gasteiger partial charge in [0.15, 0.2) is 5.22 Å². The molecule has 0 spiro atoms. The third-order valence-corrected chi connectivity index (χ3v) is 2.73. The van der Waals surface area contributed by atoms with E-state index in [-0.39, 0.29) is 17.3 Å². The Balaban J connectivity index is 1.99. The molecule has 0 saturated heterocycles. The summed E-state index contributed by atoms with van der Waals surface area (Å²) in [5, 5.41) is 2.71. The predicted octanol–water partition coefficient (Wildman–Crippen LogP) is 3.88. The Morgan fingerprint density at radius 3 is 2.30 bits per heavy atom. The maximum Gasteiger partial charge on any atom is 0.416 e. The minimum absolute atomic E-state index is 0.104. The number of hydrogen-bond acceptors (Lipinski definition) is 2. The number of nitrogens with one attached hydrogen (secondary N) is 1. The Kier molecular flexibility index (Phi) is 4.04. The van der Waals surface area contributed by atoms with Crippen molar-refractivity contribution in [2.24, 2.45) is 0 Å². The number of halogens is 4. The van der Waals surface area contributed by atoms with Crippen molar-refractivity contribution in [3.05, 3.63) is 58.5 Å². The highest BCUT2D eigenvalue weighted by molar-refractivity contribution is 6.28. The van der Waals surface area contributed by atoms with Crippen LogP contribution >= 0.6 is 11.6 Å². The van der Waals surface area contributed by atoms with Crippen molar-refractivity contribution in [2.45, 2.75) is 12.7 Å². The topological polar surface area (TPSA) is 42.2 Å². The lowest BCUT2D eigenvalue weighted by molar-refractivity contribution is -0.137. The van der Waals surface area contributed by atoms with E-state index in [4.69, 9.17) is 16.0 Å². The summed E-state index contributed by atoms with van der Waals surface area (Å²) >= 11 is 5.57. The number of rotatable bonds is 3. The zero-order valence-electron chi connectivity index (χ0n) is 10.00. The molecular weight excluding hydrogens is 295 g/mol. The second kappa shape index (κ2) is 5.58. The van der Waals surface area contributed by atoms with E-state index in [1.165, 1.54) is 6.07 Å². The van der Waals surface area contributed by atoms with Gasteiger partial charge in [0, 0.05) is 5.56 Å². The summed E-state index contributed by atoms with van der Waals surface area (Å²) in [5.74, 6) is -0.0403. The largest absolute Gasteiger partial charge is 0.448 e. The van der Waals surface area contributed by atoms with Gasteiger partial charge in [-0.05, 0) is 48.0 Å². The lowest BCUT2D eigenvalue weighted by Gasteiger charge is -2.07. The van der Waals surface area contributed by atoms with E-state index in [2.05, 4.69) is 5.32 Å². The molecule has 3 nitrogen and oxygen atoms in total.